The topological polar surface area (TPSA) is 38.3 Å². The molecular weight excluding hydrogens is 349 g/mol. The summed E-state index contributed by atoms with van der Waals surface area (Å²) in [6, 6.07) is 12.0. The maximum absolute atomic E-state index is 13.7. The van der Waals surface area contributed by atoms with E-state index in [-0.39, 0.29) is 24.1 Å². The number of carbonyl (C=O) groups is 1. The maximum atomic E-state index is 13.7. The summed E-state index contributed by atoms with van der Waals surface area (Å²) in [6.45, 7) is 1.82. The average Bonchev–Trinajstić information content (AvgIpc) is 2.49. The van der Waals surface area contributed by atoms with Crippen molar-refractivity contribution in [3.63, 3.8) is 0 Å². The van der Waals surface area contributed by atoms with Crippen LogP contribution in [0.5, 0.6) is 5.75 Å². The molecule has 0 bridgehead atoms. The highest BCUT2D eigenvalue weighted by Gasteiger charge is 2.12. The minimum absolute atomic E-state index is 0.106. The lowest BCUT2D eigenvalue weighted by atomic mass is 10.1. The van der Waals surface area contributed by atoms with Crippen LogP contribution in [0.3, 0.4) is 0 Å². The highest BCUT2D eigenvalue weighted by Crippen LogP contribution is 2.21. The van der Waals surface area contributed by atoms with Gasteiger partial charge in [0.15, 0.2) is 11.6 Å². The highest BCUT2D eigenvalue weighted by atomic mass is 79.9. The van der Waals surface area contributed by atoms with E-state index in [9.17, 15) is 9.18 Å². The number of hydrogen-bond acceptors (Lipinski definition) is 2. The molecule has 0 heterocycles. The predicted octanol–water partition coefficient (Wildman–Crippen LogP) is 4.02. The van der Waals surface area contributed by atoms with Crippen molar-refractivity contribution in [1.29, 1.82) is 0 Å². The second-order valence-electron chi connectivity index (χ2n) is 4.99. The molecule has 0 fully saturated rings. The molecule has 0 radical (unpaired) electrons. The summed E-state index contributed by atoms with van der Waals surface area (Å²) in [5.74, 6) is -0.350. The molecule has 0 aliphatic heterocycles. The van der Waals surface area contributed by atoms with Crippen LogP contribution in [0.1, 0.15) is 24.1 Å². The Morgan fingerprint density at radius 3 is 2.55 bits per heavy atom. The average molecular weight is 366 g/mol. The number of amides is 1. The minimum atomic E-state index is -0.436. The second kappa shape index (κ2) is 7.40. The molecule has 1 amide bonds. The van der Waals surface area contributed by atoms with E-state index in [4.69, 9.17) is 4.74 Å². The summed E-state index contributed by atoms with van der Waals surface area (Å²) >= 11 is 3.35. The zero-order chi connectivity index (χ0) is 16.1. The fourth-order valence-electron chi connectivity index (χ4n) is 2.12. The largest absolute Gasteiger partial charge is 0.494 e. The van der Waals surface area contributed by atoms with Crippen LogP contribution in [0.4, 0.5) is 4.39 Å². The zero-order valence-corrected chi connectivity index (χ0v) is 14.0. The number of hydrogen-bond donors (Lipinski definition) is 1. The van der Waals surface area contributed by atoms with Gasteiger partial charge in [0.05, 0.1) is 19.6 Å². The molecule has 0 aliphatic carbocycles. The van der Waals surface area contributed by atoms with Gasteiger partial charge in [-0.25, -0.2) is 4.39 Å². The molecule has 2 aromatic rings. The first-order chi connectivity index (χ1) is 10.5. The fraction of sp³-hybridized carbons (Fsp3) is 0.235. The van der Waals surface area contributed by atoms with E-state index in [0.29, 0.717) is 5.56 Å². The van der Waals surface area contributed by atoms with Crippen molar-refractivity contribution >= 4 is 21.8 Å². The van der Waals surface area contributed by atoms with Gasteiger partial charge in [-0.05, 0) is 42.3 Å². The Labute approximate surface area is 137 Å². The maximum Gasteiger partial charge on any atom is 0.224 e. The summed E-state index contributed by atoms with van der Waals surface area (Å²) in [7, 11) is 1.42. The van der Waals surface area contributed by atoms with Crippen LogP contribution in [-0.4, -0.2) is 13.0 Å². The van der Waals surface area contributed by atoms with Gasteiger partial charge in [0.1, 0.15) is 0 Å². The highest BCUT2D eigenvalue weighted by molar-refractivity contribution is 9.10. The lowest BCUT2D eigenvalue weighted by Crippen LogP contribution is -2.28. The van der Waals surface area contributed by atoms with E-state index in [2.05, 4.69) is 21.2 Å². The smallest absolute Gasteiger partial charge is 0.224 e. The van der Waals surface area contributed by atoms with Crippen molar-refractivity contribution < 1.29 is 13.9 Å². The minimum Gasteiger partial charge on any atom is -0.494 e. The van der Waals surface area contributed by atoms with E-state index in [1.165, 1.54) is 13.2 Å². The molecule has 2 rings (SSSR count). The van der Waals surface area contributed by atoms with Crippen LogP contribution in [0.2, 0.25) is 0 Å². The summed E-state index contributed by atoms with van der Waals surface area (Å²) in [4.78, 5) is 12.0. The van der Waals surface area contributed by atoms with E-state index in [1.807, 2.05) is 31.2 Å². The number of benzene rings is 2. The van der Waals surface area contributed by atoms with Crippen molar-refractivity contribution in [3.05, 3.63) is 63.9 Å². The zero-order valence-electron chi connectivity index (χ0n) is 12.4. The molecule has 3 nitrogen and oxygen atoms in total. The SMILES string of the molecule is COc1ccc([C@H](C)NC(=O)Cc2ccc(Br)cc2)cc1F. The molecule has 0 aliphatic rings. The molecule has 0 unspecified atom stereocenters. The molecule has 2 aromatic carbocycles. The molecule has 0 saturated carbocycles. The third kappa shape index (κ3) is 4.31. The standard InChI is InChI=1S/C17H17BrFNO2/c1-11(13-5-8-16(22-2)15(19)10-13)20-17(21)9-12-3-6-14(18)7-4-12/h3-8,10-11H,9H2,1-2H3,(H,20,21)/t11-/m0/s1. The van der Waals surface area contributed by atoms with Crippen LogP contribution in [-0.2, 0) is 11.2 Å². The number of methoxy groups -OCH3 is 1. The van der Waals surface area contributed by atoms with Gasteiger partial charge >= 0.3 is 0 Å². The van der Waals surface area contributed by atoms with Crippen molar-refractivity contribution in [1.82, 2.24) is 5.32 Å². The van der Waals surface area contributed by atoms with Crippen LogP contribution in [0.25, 0.3) is 0 Å². The van der Waals surface area contributed by atoms with Crippen molar-refractivity contribution in [2.45, 2.75) is 19.4 Å². The molecule has 0 aromatic heterocycles. The lowest BCUT2D eigenvalue weighted by molar-refractivity contribution is -0.121. The first-order valence-corrected chi connectivity index (χ1v) is 7.66. The van der Waals surface area contributed by atoms with Crippen LogP contribution in [0.15, 0.2) is 46.9 Å². The van der Waals surface area contributed by atoms with Crippen LogP contribution in [0, 0.1) is 5.82 Å². The summed E-state index contributed by atoms with van der Waals surface area (Å²) in [6.07, 6.45) is 0.288. The van der Waals surface area contributed by atoms with Gasteiger partial charge in [-0.3, -0.25) is 4.79 Å². The quantitative estimate of drug-likeness (QED) is 0.868. The Hall–Kier alpha value is -1.88. The van der Waals surface area contributed by atoms with Crippen LogP contribution >= 0.6 is 15.9 Å². The number of ether oxygens (including phenoxy) is 1. The summed E-state index contributed by atoms with van der Waals surface area (Å²) in [5.41, 5.74) is 1.62. The first kappa shape index (κ1) is 16.5. The molecule has 1 N–H and O–H groups in total. The Morgan fingerprint density at radius 2 is 1.95 bits per heavy atom. The van der Waals surface area contributed by atoms with E-state index in [0.717, 1.165) is 10.0 Å². The van der Waals surface area contributed by atoms with Gasteiger partial charge in [-0.15, -0.1) is 0 Å². The Balaban J connectivity index is 1.98. The van der Waals surface area contributed by atoms with E-state index < -0.39 is 5.82 Å². The normalized spacial score (nSPS) is 11.8. The molecule has 0 saturated heterocycles. The number of carbonyl (C=O) groups excluding carboxylic acids is 1. The van der Waals surface area contributed by atoms with Crippen molar-refractivity contribution in [3.8, 4) is 5.75 Å². The molecule has 5 heteroatoms. The monoisotopic (exact) mass is 365 g/mol. The third-order valence-electron chi connectivity index (χ3n) is 3.33. The number of halogens is 2. The summed E-state index contributed by atoms with van der Waals surface area (Å²) in [5, 5.41) is 2.87. The molecule has 1 atom stereocenters. The van der Waals surface area contributed by atoms with Crippen LogP contribution < -0.4 is 10.1 Å². The molecule has 0 spiro atoms. The van der Waals surface area contributed by atoms with Gasteiger partial charge in [0, 0.05) is 4.47 Å². The molecule has 116 valence electrons. The van der Waals surface area contributed by atoms with Gasteiger partial charge < -0.3 is 10.1 Å². The van der Waals surface area contributed by atoms with Crippen molar-refractivity contribution in [2.24, 2.45) is 0 Å². The van der Waals surface area contributed by atoms with Gasteiger partial charge in [-0.2, -0.15) is 0 Å². The predicted molar refractivity (Wildman–Crippen MR) is 87.4 cm³/mol. The van der Waals surface area contributed by atoms with E-state index >= 15 is 0 Å². The fourth-order valence-corrected chi connectivity index (χ4v) is 2.38. The summed E-state index contributed by atoms with van der Waals surface area (Å²) < 4.78 is 19.5. The van der Waals surface area contributed by atoms with Gasteiger partial charge in [0.25, 0.3) is 0 Å². The Kier molecular flexibility index (Phi) is 5.55. The Bertz CT molecular complexity index is 658. The second-order valence-corrected chi connectivity index (χ2v) is 5.90. The van der Waals surface area contributed by atoms with Gasteiger partial charge in [-0.1, -0.05) is 34.1 Å². The molecule has 22 heavy (non-hydrogen) atoms. The third-order valence-corrected chi connectivity index (χ3v) is 3.86. The first-order valence-electron chi connectivity index (χ1n) is 6.87. The van der Waals surface area contributed by atoms with E-state index in [1.54, 1.807) is 12.1 Å². The van der Waals surface area contributed by atoms with Gasteiger partial charge in [0.2, 0.25) is 5.91 Å². The van der Waals surface area contributed by atoms with Crippen molar-refractivity contribution in [2.75, 3.05) is 7.11 Å². The number of rotatable bonds is 5. The number of nitrogens with one attached hydrogen (secondary N) is 1. The molecular formula is C17H17BrFNO2. The lowest BCUT2D eigenvalue weighted by Gasteiger charge is -2.15. The Morgan fingerprint density at radius 1 is 1.27 bits per heavy atom.